The molecular weight excluding hydrogens is 323 g/mol. The van der Waals surface area contributed by atoms with Crippen LogP contribution in [0.5, 0.6) is 0 Å². The molecule has 2 aromatic rings. The summed E-state index contributed by atoms with van der Waals surface area (Å²) in [6, 6.07) is 3.18. The van der Waals surface area contributed by atoms with E-state index in [9.17, 15) is 9.18 Å². The van der Waals surface area contributed by atoms with Crippen molar-refractivity contribution >= 4 is 38.4 Å². The highest BCUT2D eigenvalue weighted by Gasteiger charge is 2.54. The molecule has 0 N–H and O–H groups in total. The molecule has 0 radical (unpaired) electrons. The lowest BCUT2D eigenvalue weighted by molar-refractivity contribution is -0.125. The number of carbonyl (C=O) groups is 1. The summed E-state index contributed by atoms with van der Waals surface area (Å²) in [7, 11) is 1.79. The van der Waals surface area contributed by atoms with Crippen molar-refractivity contribution in [3.05, 3.63) is 34.2 Å². The molecule has 1 amide bonds. The number of nitrogens with zero attached hydrogens (tertiary/aromatic N) is 2. The first kappa shape index (κ1) is 12.3. The predicted octanol–water partition coefficient (Wildman–Crippen LogP) is 3.53. The Hall–Kier alpha value is -1.49. The second-order valence-corrected chi connectivity index (χ2v) is 6.46. The van der Waals surface area contributed by atoms with Gasteiger partial charge in [0, 0.05) is 24.1 Å². The van der Waals surface area contributed by atoms with Gasteiger partial charge >= 0.3 is 0 Å². The molecule has 3 nitrogen and oxygen atoms in total. The molecule has 1 aromatic carbocycles. The summed E-state index contributed by atoms with van der Waals surface area (Å²) < 4.78 is 14.1. The molecular formula is C15H12BrFN2O. The Morgan fingerprint density at radius 2 is 2.15 bits per heavy atom. The number of hydrogen-bond donors (Lipinski definition) is 0. The fourth-order valence-corrected chi connectivity index (χ4v) is 3.81. The number of halogens is 2. The lowest BCUT2D eigenvalue weighted by atomic mass is 9.64. The molecule has 2 heterocycles. The van der Waals surface area contributed by atoms with Crippen LogP contribution in [0.25, 0.3) is 10.9 Å². The number of carbonyl (C=O) groups excluding carboxylic acids is 1. The first-order chi connectivity index (χ1) is 9.54. The van der Waals surface area contributed by atoms with Gasteiger partial charge in [-0.2, -0.15) is 0 Å². The van der Waals surface area contributed by atoms with E-state index in [-0.39, 0.29) is 11.7 Å². The highest BCUT2D eigenvalue weighted by molar-refractivity contribution is 9.10. The van der Waals surface area contributed by atoms with Crippen LogP contribution in [0.4, 0.5) is 10.1 Å². The molecule has 1 aromatic heterocycles. The largest absolute Gasteiger partial charge is 0.313 e. The van der Waals surface area contributed by atoms with Gasteiger partial charge in [0.25, 0.3) is 0 Å². The van der Waals surface area contributed by atoms with Crippen LogP contribution in [0.2, 0.25) is 0 Å². The van der Waals surface area contributed by atoms with Crippen LogP contribution in [0, 0.1) is 5.82 Å². The molecule has 4 rings (SSSR count). The molecule has 1 spiro atoms. The van der Waals surface area contributed by atoms with Gasteiger partial charge in [0.1, 0.15) is 5.82 Å². The SMILES string of the molecule is CN1C(=O)C2(CCC2)c2c1cnc1cc(F)c(Br)cc21. The van der Waals surface area contributed by atoms with Crippen molar-refractivity contribution in [3.8, 4) is 0 Å². The maximum Gasteiger partial charge on any atom is 0.237 e. The molecule has 1 aliphatic carbocycles. The summed E-state index contributed by atoms with van der Waals surface area (Å²) in [5, 5.41) is 0.883. The number of aromatic nitrogens is 1. The zero-order valence-corrected chi connectivity index (χ0v) is 12.5. The monoisotopic (exact) mass is 334 g/mol. The van der Waals surface area contributed by atoms with E-state index in [1.165, 1.54) is 6.07 Å². The van der Waals surface area contributed by atoms with Crippen molar-refractivity contribution in [3.63, 3.8) is 0 Å². The standard InChI is InChI=1S/C15H12BrFN2O/c1-19-12-7-18-11-6-10(17)9(16)5-8(11)13(12)15(14(19)20)3-2-4-15/h5-7H,2-4H2,1H3. The van der Waals surface area contributed by atoms with Crippen molar-refractivity contribution in [2.45, 2.75) is 24.7 Å². The Balaban J connectivity index is 2.12. The van der Waals surface area contributed by atoms with Crippen molar-refractivity contribution < 1.29 is 9.18 Å². The average molecular weight is 335 g/mol. The van der Waals surface area contributed by atoms with Crippen LogP contribution >= 0.6 is 15.9 Å². The summed E-state index contributed by atoms with van der Waals surface area (Å²) in [6.45, 7) is 0. The van der Waals surface area contributed by atoms with E-state index in [2.05, 4.69) is 20.9 Å². The molecule has 20 heavy (non-hydrogen) atoms. The fraction of sp³-hybridized carbons (Fsp3) is 0.333. The van der Waals surface area contributed by atoms with E-state index < -0.39 is 5.41 Å². The lowest BCUT2D eigenvalue weighted by Gasteiger charge is -2.37. The quantitative estimate of drug-likeness (QED) is 0.738. The summed E-state index contributed by atoms with van der Waals surface area (Å²) in [6.07, 6.45) is 4.50. The fourth-order valence-electron chi connectivity index (χ4n) is 3.47. The van der Waals surface area contributed by atoms with Gasteiger partial charge < -0.3 is 4.90 Å². The van der Waals surface area contributed by atoms with Gasteiger partial charge in [0.05, 0.1) is 27.3 Å². The van der Waals surface area contributed by atoms with Crippen LogP contribution < -0.4 is 4.90 Å². The average Bonchev–Trinajstić information content (AvgIpc) is 2.61. The molecule has 0 saturated heterocycles. The highest BCUT2D eigenvalue weighted by atomic mass is 79.9. The van der Waals surface area contributed by atoms with Gasteiger partial charge in [-0.05, 0) is 34.8 Å². The van der Waals surface area contributed by atoms with Gasteiger partial charge in [0.2, 0.25) is 5.91 Å². The predicted molar refractivity (Wildman–Crippen MR) is 78.3 cm³/mol. The number of pyridine rings is 1. The zero-order chi connectivity index (χ0) is 14.1. The third-order valence-corrected chi connectivity index (χ3v) is 5.26. The van der Waals surface area contributed by atoms with Crippen LogP contribution in [0.1, 0.15) is 24.8 Å². The molecule has 2 aliphatic rings. The van der Waals surface area contributed by atoms with E-state index in [1.54, 1.807) is 24.2 Å². The van der Waals surface area contributed by atoms with Crippen molar-refractivity contribution in [1.29, 1.82) is 0 Å². The Morgan fingerprint density at radius 3 is 2.80 bits per heavy atom. The van der Waals surface area contributed by atoms with Crippen LogP contribution in [-0.2, 0) is 10.2 Å². The zero-order valence-electron chi connectivity index (χ0n) is 10.9. The third kappa shape index (κ3) is 1.29. The summed E-state index contributed by atoms with van der Waals surface area (Å²) in [4.78, 5) is 18.6. The lowest BCUT2D eigenvalue weighted by Crippen LogP contribution is -2.43. The number of rotatable bonds is 0. The van der Waals surface area contributed by atoms with Gasteiger partial charge in [-0.1, -0.05) is 6.42 Å². The van der Waals surface area contributed by atoms with E-state index in [0.29, 0.717) is 9.99 Å². The summed E-state index contributed by atoms with van der Waals surface area (Å²) in [5.41, 5.74) is 2.10. The van der Waals surface area contributed by atoms with Gasteiger partial charge in [-0.25, -0.2) is 4.39 Å². The first-order valence-corrected chi connectivity index (χ1v) is 7.40. The highest BCUT2D eigenvalue weighted by Crippen LogP contribution is 2.55. The normalized spacial score (nSPS) is 19.6. The second-order valence-electron chi connectivity index (χ2n) is 5.60. The minimum Gasteiger partial charge on any atom is -0.313 e. The van der Waals surface area contributed by atoms with Crippen LogP contribution in [-0.4, -0.2) is 17.9 Å². The summed E-state index contributed by atoms with van der Waals surface area (Å²) >= 11 is 3.23. The Bertz CT molecular complexity index is 770. The summed E-state index contributed by atoms with van der Waals surface area (Å²) in [5.74, 6) is -0.182. The number of likely N-dealkylation sites (N-methyl/N-ethyl adjacent to an activating group) is 1. The minimum absolute atomic E-state index is 0.147. The van der Waals surface area contributed by atoms with Gasteiger partial charge in [-0.3, -0.25) is 9.78 Å². The van der Waals surface area contributed by atoms with E-state index in [4.69, 9.17) is 0 Å². The molecule has 0 unspecified atom stereocenters. The number of fused-ring (bicyclic) bond motifs is 4. The van der Waals surface area contributed by atoms with Crippen molar-refractivity contribution in [2.75, 3.05) is 11.9 Å². The van der Waals surface area contributed by atoms with E-state index in [0.717, 1.165) is 35.9 Å². The smallest absolute Gasteiger partial charge is 0.237 e. The second kappa shape index (κ2) is 3.79. The Kier molecular flexibility index (Phi) is 2.32. The minimum atomic E-state index is -0.400. The number of hydrogen-bond acceptors (Lipinski definition) is 2. The topological polar surface area (TPSA) is 33.2 Å². The molecule has 1 aliphatic heterocycles. The van der Waals surface area contributed by atoms with Crippen molar-refractivity contribution in [2.24, 2.45) is 0 Å². The molecule has 0 bridgehead atoms. The molecule has 1 fully saturated rings. The molecule has 0 atom stereocenters. The molecule has 5 heteroatoms. The third-order valence-electron chi connectivity index (χ3n) is 4.65. The number of anilines is 1. The number of benzene rings is 1. The van der Waals surface area contributed by atoms with Crippen LogP contribution in [0.15, 0.2) is 22.8 Å². The van der Waals surface area contributed by atoms with Crippen molar-refractivity contribution in [1.82, 2.24) is 4.98 Å². The van der Waals surface area contributed by atoms with E-state index >= 15 is 0 Å². The maximum absolute atomic E-state index is 13.7. The number of amides is 1. The maximum atomic E-state index is 13.7. The van der Waals surface area contributed by atoms with Crippen LogP contribution in [0.3, 0.4) is 0 Å². The Labute approximate surface area is 123 Å². The molecule has 102 valence electrons. The van der Waals surface area contributed by atoms with E-state index in [1.807, 2.05) is 0 Å². The van der Waals surface area contributed by atoms with Gasteiger partial charge in [-0.15, -0.1) is 0 Å². The molecule has 1 saturated carbocycles. The Morgan fingerprint density at radius 1 is 1.40 bits per heavy atom. The van der Waals surface area contributed by atoms with Gasteiger partial charge in [0.15, 0.2) is 0 Å². The first-order valence-electron chi connectivity index (χ1n) is 6.61.